The van der Waals surface area contributed by atoms with Crippen LogP contribution in [-0.4, -0.2) is 15.8 Å². The van der Waals surface area contributed by atoms with Crippen LogP contribution in [0, 0.1) is 13.7 Å². The first-order valence-electron chi connectivity index (χ1n) is 5.07. The second-order valence-corrected chi connectivity index (χ2v) is 5.69. The maximum Gasteiger partial charge on any atom is 0.321 e. The van der Waals surface area contributed by atoms with E-state index < -0.39 is 10.8 Å². The van der Waals surface area contributed by atoms with Gasteiger partial charge in [-0.3, -0.25) is 4.79 Å². The fourth-order valence-corrected chi connectivity index (χ4v) is 2.24. The molecule has 8 heteroatoms. The average molecular weight is 436 g/mol. The van der Waals surface area contributed by atoms with Crippen LogP contribution in [0.1, 0.15) is 10.5 Å². The number of rotatable bonds is 3. The summed E-state index contributed by atoms with van der Waals surface area (Å²) in [5, 5.41) is 13.2. The Kier molecular flexibility index (Phi) is 4.20. The molecule has 0 spiro atoms. The highest BCUT2D eigenvalue weighted by molar-refractivity contribution is 14.1. The molecule has 1 heterocycles. The average Bonchev–Trinajstić information content (AvgIpc) is 2.83. The molecule has 98 valence electrons. The van der Waals surface area contributed by atoms with Gasteiger partial charge in [0.1, 0.15) is 0 Å². The first kappa shape index (κ1) is 14.0. The minimum atomic E-state index is -0.585. The molecule has 2 aromatic rings. The van der Waals surface area contributed by atoms with Gasteiger partial charge in [0.2, 0.25) is 0 Å². The fraction of sp³-hybridized carbons (Fsp3) is 0. The molecule has 6 nitrogen and oxygen atoms in total. The number of benzene rings is 1. The molecule has 2 N–H and O–H groups in total. The number of aromatic nitrogens is 1. The van der Waals surface area contributed by atoms with Crippen molar-refractivity contribution < 1.29 is 9.72 Å². The van der Waals surface area contributed by atoms with Crippen molar-refractivity contribution >= 4 is 55.9 Å². The van der Waals surface area contributed by atoms with E-state index in [9.17, 15) is 14.9 Å². The molecule has 19 heavy (non-hydrogen) atoms. The van der Waals surface area contributed by atoms with E-state index in [2.05, 4.69) is 48.8 Å². The highest BCUT2D eigenvalue weighted by Crippen LogP contribution is 2.25. The van der Waals surface area contributed by atoms with E-state index in [4.69, 9.17) is 0 Å². The van der Waals surface area contributed by atoms with Crippen LogP contribution in [0.5, 0.6) is 0 Å². The Balaban J connectivity index is 2.20. The highest BCUT2D eigenvalue weighted by Gasteiger charge is 2.16. The summed E-state index contributed by atoms with van der Waals surface area (Å²) in [6.45, 7) is 0. The lowest BCUT2D eigenvalue weighted by Gasteiger charge is -2.05. The van der Waals surface area contributed by atoms with Gasteiger partial charge in [-0.2, -0.15) is 0 Å². The topological polar surface area (TPSA) is 88.0 Å². The van der Waals surface area contributed by atoms with E-state index in [-0.39, 0.29) is 11.5 Å². The molecular weight excluding hydrogens is 429 g/mol. The summed E-state index contributed by atoms with van der Waals surface area (Å²) < 4.78 is 1.70. The largest absolute Gasteiger partial charge is 0.358 e. The zero-order valence-electron chi connectivity index (χ0n) is 9.31. The maximum atomic E-state index is 11.9. The number of halogens is 2. The second kappa shape index (κ2) is 5.70. The molecule has 0 saturated carbocycles. The summed E-state index contributed by atoms with van der Waals surface area (Å²) >= 11 is 5.45. The van der Waals surface area contributed by atoms with Crippen LogP contribution < -0.4 is 5.32 Å². The van der Waals surface area contributed by atoms with Crippen molar-refractivity contribution in [3.8, 4) is 0 Å². The van der Waals surface area contributed by atoms with E-state index in [1.807, 2.05) is 12.1 Å². The number of nitrogens with one attached hydrogen (secondary N) is 2. The molecule has 1 aromatic carbocycles. The van der Waals surface area contributed by atoms with Crippen molar-refractivity contribution in [2.45, 2.75) is 0 Å². The molecule has 0 bridgehead atoms. The van der Waals surface area contributed by atoms with Gasteiger partial charge < -0.3 is 15.4 Å². The van der Waals surface area contributed by atoms with Crippen LogP contribution in [0.4, 0.5) is 11.5 Å². The van der Waals surface area contributed by atoms with E-state index in [0.717, 1.165) is 8.04 Å². The second-order valence-electron chi connectivity index (χ2n) is 3.59. The van der Waals surface area contributed by atoms with Gasteiger partial charge in [0.15, 0.2) is 5.69 Å². The standard InChI is InChI=1S/C11H7BrIN3O3/c12-7-2-1-6(13)5-9(7)15-11(17)8-3-4-10(14-8)16(18)19/h1-5,14H,(H,15,17). The molecule has 0 radical (unpaired) electrons. The van der Waals surface area contributed by atoms with Crippen LogP contribution in [0.25, 0.3) is 0 Å². The summed E-state index contributed by atoms with van der Waals surface area (Å²) in [5.74, 6) is -0.650. The Morgan fingerprint density at radius 1 is 1.37 bits per heavy atom. The van der Waals surface area contributed by atoms with E-state index >= 15 is 0 Å². The first-order chi connectivity index (χ1) is 8.97. The van der Waals surface area contributed by atoms with Crippen molar-refractivity contribution in [3.05, 3.63) is 54.2 Å². The molecule has 0 aliphatic heterocycles. The molecule has 0 unspecified atom stereocenters. The van der Waals surface area contributed by atoms with Crippen molar-refractivity contribution in [2.75, 3.05) is 5.32 Å². The highest BCUT2D eigenvalue weighted by atomic mass is 127. The molecule has 1 amide bonds. The minimum Gasteiger partial charge on any atom is -0.358 e. The third-order valence-corrected chi connectivity index (χ3v) is 3.65. The number of nitrogens with zero attached hydrogens (tertiary/aromatic N) is 1. The molecule has 0 aliphatic rings. The van der Waals surface area contributed by atoms with Gasteiger partial charge in [-0.05, 0) is 67.7 Å². The molecule has 1 aromatic heterocycles. The Hall–Kier alpha value is -1.42. The van der Waals surface area contributed by atoms with E-state index in [1.165, 1.54) is 12.1 Å². The van der Waals surface area contributed by atoms with Crippen LogP contribution in [0.2, 0.25) is 0 Å². The number of amides is 1. The van der Waals surface area contributed by atoms with Crippen molar-refractivity contribution in [1.82, 2.24) is 4.98 Å². The maximum absolute atomic E-state index is 11.9. The summed E-state index contributed by atoms with van der Waals surface area (Å²) in [6, 6.07) is 8.11. The molecule has 0 fully saturated rings. The van der Waals surface area contributed by atoms with Crippen LogP contribution >= 0.6 is 38.5 Å². The zero-order chi connectivity index (χ0) is 14.0. The first-order valence-corrected chi connectivity index (χ1v) is 6.94. The Morgan fingerprint density at radius 2 is 2.11 bits per heavy atom. The van der Waals surface area contributed by atoms with Gasteiger partial charge >= 0.3 is 5.82 Å². The quantitative estimate of drug-likeness (QED) is 0.439. The van der Waals surface area contributed by atoms with Crippen molar-refractivity contribution in [1.29, 1.82) is 0 Å². The predicted octanol–water partition coefficient (Wildman–Crippen LogP) is 3.54. The van der Waals surface area contributed by atoms with Gasteiger partial charge in [-0.25, -0.2) is 4.98 Å². The predicted molar refractivity (Wildman–Crippen MR) is 82.3 cm³/mol. The summed E-state index contributed by atoms with van der Waals surface area (Å²) in [4.78, 5) is 24.3. The van der Waals surface area contributed by atoms with Gasteiger partial charge in [0.05, 0.1) is 5.69 Å². The fourth-order valence-electron chi connectivity index (χ4n) is 1.41. The molecular formula is C11H7BrIN3O3. The van der Waals surface area contributed by atoms with Crippen LogP contribution in [0.15, 0.2) is 34.8 Å². The Labute approximate surface area is 130 Å². The number of anilines is 1. The summed E-state index contributed by atoms with van der Waals surface area (Å²) in [6.07, 6.45) is 0. The molecule has 2 rings (SSSR count). The van der Waals surface area contributed by atoms with E-state index in [0.29, 0.717) is 5.69 Å². The van der Waals surface area contributed by atoms with Gasteiger partial charge in [-0.15, -0.1) is 0 Å². The molecule has 0 atom stereocenters. The van der Waals surface area contributed by atoms with Gasteiger partial charge in [0, 0.05) is 14.1 Å². The minimum absolute atomic E-state index is 0.137. The monoisotopic (exact) mass is 435 g/mol. The lowest BCUT2D eigenvalue weighted by molar-refractivity contribution is -0.389. The number of H-pyrrole nitrogens is 1. The number of hydrogen-bond donors (Lipinski definition) is 2. The molecule has 0 saturated heterocycles. The lowest BCUT2D eigenvalue weighted by Crippen LogP contribution is -2.12. The number of carbonyl (C=O) groups excluding carboxylic acids is 1. The van der Waals surface area contributed by atoms with Crippen molar-refractivity contribution in [2.24, 2.45) is 0 Å². The van der Waals surface area contributed by atoms with Crippen LogP contribution in [-0.2, 0) is 0 Å². The van der Waals surface area contributed by atoms with Gasteiger partial charge in [-0.1, -0.05) is 0 Å². The Bertz CT molecular complexity index is 656. The lowest BCUT2D eigenvalue weighted by atomic mass is 10.3. The number of hydrogen-bond acceptors (Lipinski definition) is 3. The SMILES string of the molecule is O=C(Nc1cc(I)ccc1Br)c1ccc([N+](=O)[O-])[nH]1. The summed E-state index contributed by atoms with van der Waals surface area (Å²) in [7, 11) is 0. The van der Waals surface area contributed by atoms with Crippen molar-refractivity contribution in [3.63, 3.8) is 0 Å². The zero-order valence-corrected chi connectivity index (χ0v) is 13.1. The number of nitro groups is 1. The third kappa shape index (κ3) is 3.32. The third-order valence-electron chi connectivity index (χ3n) is 2.29. The summed E-state index contributed by atoms with van der Waals surface area (Å²) in [5.41, 5.74) is 0.742. The number of carbonyl (C=O) groups is 1. The Morgan fingerprint density at radius 3 is 2.74 bits per heavy atom. The number of aromatic amines is 1. The van der Waals surface area contributed by atoms with Crippen LogP contribution in [0.3, 0.4) is 0 Å². The van der Waals surface area contributed by atoms with E-state index in [1.54, 1.807) is 6.07 Å². The smallest absolute Gasteiger partial charge is 0.321 e. The normalized spacial score (nSPS) is 10.2. The molecule has 0 aliphatic carbocycles. The van der Waals surface area contributed by atoms with Gasteiger partial charge in [0.25, 0.3) is 5.91 Å².